The van der Waals surface area contributed by atoms with Crippen LogP contribution < -0.4 is 4.74 Å². The zero-order valence-corrected chi connectivity index (χ0v) is 9.83. The molecule has 7 nitrogen and oxygen atoms in total. The van der Waals surface area contributed by atoms with E-state index in [1.807, 2.05) is 0 Å². The Bertz CT molecular complexity index is 681. The molecule has 0 saturated carbocycles. The second kappa shape index (κ2) is 5.03. The van der Waals surface area contributed by atoms with Gasteiger partial charge >= 0.3 is 6.61 Å². The molecule has 0 aliphatic carbocycles. The molecule has 3 rings (SSSR count). The topological polar surface area (TPSA) is 89.7 Å². The van der Waals surface area contributed by atoms with Crippen molar-refractivity contribution in [2.24, 2.45) is 0 Å². The third kappa shape index (κ3) is 2.46. The zero-order chi connectivity index (χ0) is 13.9. The van der Waals surface area contributed by atoms with Crippen molar-refractivity contribution in [1.82, 2.24) is 25.3 Å². The number of aromatic nitrogens is 5. The number of hydrogen-bond donors (Lipinski definition) is 1. The smallest absolute Gasteiger partial charge is 0.387 e. The highest BCUT2D eigenvalue weighted by atomic mass is 19.3. The minimum Gasteiger partial charge on any atom is -0.435 e. The van der Waals surface area contributed by atoms with Gasteiger partial charge in [-0.15, -0.1) is 0 Å². The molecule has 0 amide bonds. The fourth-order valence-electron chi connectivity index (χ4n) is 1.53. The van der Waals surface area contributed by atoms with Crippen molar-refractivity contribution in [2.45, 2.75) is 6.61 Å². The van der Waals surface area contributed by atoms with Crippen LogP contribution in [0.15, 0.2) is 35.1 Å². The highest BCUT2D eigenvalue weighted by Crippen LogP contribution is 2.23. The maximum absolute atomic E-state index is 12.0. The zero-order valence-electron chi connectivity index (χ0n) is 9.83. The van der Waals surface area contributed by atoms with E-state index >= 15 is 0 Å². The Morgan fingerprint density at radius 2 is 2.00 bits per heavy atom. The maximum Gasteiger partial charge on any atom is 0.387 e. The van der Waals surface area contributed by atoms with Crippen LogP contribution in [0, 0.1) is 0 Å². The quantitative estimate of drug-likeness (QED) is 0.786. The largest absolute Gasteiger partial charge is 0.435 e. The second-order valence-electron chi connectivity index (χ2n) is 3.66. The lowest BCUT2D eigenvalue weighted by Gasteiger charge is -2.03. The van der Waals surface area contributed by atoms with Crippen LogP contribution in [-0.2, 0) is 0 Å². The summed E-state index contributed by atoms with van der Waals surface area (Å²) in [4.78, 5) is 8.00. The number of ether oxygens (including phenoxy) is 1. The normalized spacial score (nSPS) is 10.9. The first kappa shape index (κ1) is 12.2. The van der Waals surface area contributed by atoms with E-state index in [4.69, 9.17) is 4.52 Å². The van der Waals surface area contributed by atoms with Crippen LogP contribution >= 0.6 is 0 Å². The monoisotopic (exact) mass is 279 g/mol. The minimum absolute atomic E-state index is 0.0544. The maximum atomic E-state index is 12.0. The summed E-state index contributed by atoms with van der Waals surface area (Å²) in [6, 6.07) is 5.85. The van der Waals surface area contributed by atoms with Crippen LogP contribution in [0.25, 0.3) is 23.1 Å². The molecule has 3 aromatic rings. The van der Waals surface area contributed by atoms with Gasteiger partial charge < -0.3 is 9.26 Å². The molecule has 20 heavy (non-hydrogen) atoms. The number of benzene rings is 1. The predicted molar refractivity (Wildman–Crippen MR) is 61.7 cm³/mol. The van der Waals surface area contributed by atoms with E-state index in [0.717, 1.165) is 0 Å². The molecule has 0 aliphatic heterocycles. The van der Waals surface area contributed by atoms with Crippen LogP contribution in [0.2, 0.25) is 0 Å². The van der Waals surface area contributed by atoms with Crippen molar-refractivity contribution in [3.8, 4) is 28.9 Å². The lowest BCUT2D eigenvalue weighted by Crippen LogP contribution is -2.01. The van der Waals surface area contributed by atoms with Gasteiger partial charge in [-0.05, 0) is 24.3 Å². The molecule has 0 bridgehead atoms. The third-order valence-corrected chi connectivity index (χ3v) is 2.38. The summed E-state index contributed by atoms with van der Waals surface area (Å²) in [6.07, 6.45) is 1.32. The lowest BCUT2D eigenvalue weighted by molar-refractivity contribution is -0.0498. The average Bonchev–Trinajstić information content (AvgIpc) is 3.10. The summed E-state index contributed by atoms with van der Waals surface area (Å²) >= 11 is 0. The molecule has 2 aromatic heterocycles. The molecule has 9 heteroatoms. The van der Waals surface area contributed by atoms with E-state index in [2.05, 4.69) is 30.1 Å². The van der Waals surface area contributed by atoms with Crippen molar-refractivity contribution < 1.29 is 18.0 Å². The van der Waals surface area contributed by atoms with Gasteiger partial charge in [0.15, 0.2) is 5.82 Å². The minimum atomic E-state index is -2.86. The number of halogens is 2. The van der Waals surface area contributed by atoms with Gasteiger partial charge in [0.05, 0.1) is 0 Å². The number of nitrogens with zero attached hydrogens (tertiary/aromatic N) is 4. The molecule has 102 valence electrons. The Morgan fingerprint density at radius 3 is 2.65 bits per heavy atom. The first-order valence-electron chi connectivity index (χ1n) is 5.47. The molecule has 2 heterocycles. The molecular weight excluding hydrogens is 272 g/mol. The van der Waals surface area contributed by atoms with Crippen LogP contribution in [0.4, 0.5) is 8.78 Å². The first-order valence-corrected chi connectivity index (χ1v) is 5.47. The standard InChI is InChI=1S/C11H7F2N5O2/c12-11(13)19-7-3-1-6(2-4-7)10-16-9(18-20-10)8-14-5-15-17-8/h1-5,11H,(H,14,15,17). The summed E-state index contributed by atoms with van der Waals surface area (Å²) in [6.45, 7) is -2.86. The summed E-state index contributed by atoms with van der Waals surface area (Å²) < 4.78 is 33.4. The second-order valence-corrected chi connectivity index (χ2v) is 3.66. The lowest BCUT2D eigenvalue weighted by atomic mass is 10.2. The van der Waals surface area contributed by atoms with E-state index in [9.17, 15) is 8.78 Å². The van der Waals surface area contributed by atoms with Gasteiger partial charge in [0, 0.05) is 5.56 Å². The van der Waals surface area contributed by atoms with Crippen LogP contribution in [0.1, 0.15) is 0 Å². The van der Waals surface area contributed by atoms with E-state index in [1.54, 1.807) is 0 Å². The van der Waals surface area contributed by atoms with Gasteiger partial charge in [-0.25, -0.2) is 4.98 Å². The van der Waals surface area contributed by atoms with Crippen molar-refractivity contribution >= 4 is 0 Å². The van der Waals surface area contributed by atoms with Gasteiger partial charge in [-0.2, -0.15) is 18.9 Å². The molecule has 0 atom stereocenters. The number of H-pyrrole nitrogens is 1. The molecule has 0 saturated heterocycles. The van der Waals surface area contributed by atoms with Crippen molar-refractivity contribution in [1.29, 1.82) is 0 Å². The Morgan fingerprint density at radius 1 is 1.20 bits per heavy atom. The summed E-state index contributed by atoms with van der Waals surface area (Å²) in [5.74, 6) is 0.918. The number of aromatic amines is 1. The third-order valence-electron chi connectivity index (χ3n) is 2.38. The highest BCUT2D eigenvalue weighted by molar-refractivity contribution is 5.56. The van der Waals surface area contributed by atoms with Crippen LogP contribution in [0.5, 0.6) is 5.75 Å². The van der Waals surface area contributed by atoms with Gasteiger partial charge in [0.1, 0.15) is 12.1 Å². The first-order chi connectivity index (χ1) is 9.72. The number of nitrogens with one attached hydrogen (secondary N) is 1. The van der Waals surface area contributed by atoms with Crippen LogP contribution in [-0.4, -0.2) is 31.9 Å². The number of alkyl halides is 2. The Kier molecular flexibility index (Phi) is 3.07. The number of hydrogen-bond acceptors (Lipinski definition) is 6. The van der Waals surface area contributed by atoms with Gasteiger partial charge in [0.25, 0.3) is 5.89 Å². The molecule has 1 aromatic carbocycles. The molecule has 0 spiro atoms. The van der Waals surface area contributed by atoms with Gasteiger partial charge in [-0.1, -0.05) is 5.16 Å². The summed E-state index contributed by atoms with van der Waals surface area (Å²) in [7, 11) is 0. The van der Waals surface area contributed by atoms with Gasteiger partial charge in [0.2, 0.25) is 5.82 Å². The summed E-state index contributed by atoms with van der Waals surface area (Å²) in [5, 5.41) is 10.0. The van der Waals surface area contributed by atoms with E-state index in [1.165, 1.54) is 30.6 Å². The predicted octanol–water partition coefficient (Wildman–Crippen LogP) is 2.12. The SMILES string of the molecule is FC(F)Oc1ccc(-c2nc(-c3ncn[nH]3)no2)cc1. The Labute approximate surface area is 110 Å². The Hall–Kier alpha value is -2.84. The molecule has 0 aliphatic rings. The Balaban J connectivity index is 1.83. The molecule has 0 radical (unpaired) electrons. The fourth-order valence-corrected chi connectivity index (χ4v) is 1.53. The van der Waals surface area contributed by atoms with Crippen molar-refractivity contribution in [2.75, 3.05) is 0 Å². The van der Waals surface area contributed by atoms with E-state index in [0.29, 0.717) is 11.4 Å². The highest BCUT2D eigenvalue weighted by Gasteiger charge is 2.13. The molecule has 1 N–H and O–H groups in total. The van der Waals surface area contributed by atoms with E-state index < -0.39 is 6.61 Å². The van der Waals surface area contributed by atoms with Crippen LogP contribution in [0.3, 0.4) is 0 Å². The molecule has 0 fully saturated rings. The van der Waals surface area contributed by atoms with Gasteiger partial charge in [-0.3, -0.25) is 5.10 Å². The molecular formula is C11H7F2N5O2. The molecule has 0 unspecified atom stereocenters. The fraction of sp³-hybridized carbons (Fsp3) is 0.0909. The average molecular weight is 279 g/mol. The van der Waals surface area contributed by atoms with Crippen molar-refractivity contribution in [3.63, 3.8) is 0 Å². The van der Waals surface area contributed by atoms with Crippen molar-refractivity contribution in [3.05, 3.63) is 30.6 Å². The summed E-state index contributed by atoms with van der Waals surface area (Å²) in [5.41, 5.74) is 0.574. The van der Waals surface area contributed by atoms with E-state index in [-0.39, 0.29) is 17.5 Å². The number of rotatable bonds is 4.